The highest BCUT2D eigenvalue weighted by molar-refractivity contribution is 5.36. The van der Waals surface area contributed by atoms with E-state index in [1.807, 2.05) is 0 Å². The molecule has 1 rings (SSSR count). The normalized spacial score (nSPS) is 10.2. The number of hydrazine groups is 1. The highest BCUT2D eigenvalue weighted by Gasteiger charge is 2.04. The smallest absolute Gasteiger partial charge is 0.218 e. The van der Waals surface area contributed by atoms with Crippen molar-refractivity contribution in [2.24, 2.45) is 5.84 Å². The Morgan fingerprint density at radius 1 is 1.38 bits per heavy atom. The molecule has 6 nitrogen and oxygen atoms in total. The average Bonchev–Trinajstić information content (AvgIpc) is 2.29. The zero-order valence-corrected chi connectivity index (χ0v) is 9.69. The number of methoxy groups -OCH3 is 1. The first-order valence-corrected chi connectivity index (χ1v) is 5.26. The molecule has 90 valence electrons. The van der Waals surface area contributed by atoms with Gasteiger partial charge < -0.3 is 14.9 Å². The van der Waals surface area contributed by atoms with Gasteiger partial charge in [0.15, 0.2) is 0 Å². The summed E-state index contributed by atoms with van der Waals surface area (Å²) in [5.74, 6) is 7.12. The molecular formula is C10H18N4O2. The van der Waals surface area contributed by atoms with Crippen LogP contribution in [0, 0.1) is 0 Å². The number of hydrogen-bond donors (Lipinski definition) is 2. The van der Waals surface area contributed by atoms with Gasteiger partial charge in [-0.2, -0.15) is 4.98 Å². The molecule has 0 atom stereocenters. The predicted octanol–water partition coefficient (Wildman–Crippen LogP) is 0.740. The Labute approximate surface area is 95.1 Å². The summed E-state index contributed by atoms with van der Waals surface area (Å²) in [6.07, 6.45) is 1.78. The van der Waals surface area contributed by atoms with E-state index in [4.69, 9.17) is 15.3 Å². The summed E-state index contributed by atoms with van der Waals surface area (Å²) in [4.78, 5) is 8.47. The quantitative estimate of drug-likeness (QED) is 0.405. The van der Waals surface area contributed by atoms with Crippen LogP contribution in [0.15, 0.2) is 6.07 Å². The molecule has 0 aliphatic rings. The molecule has 0 bridgehead atoms. The minimum atomic E-state index is 0.461. The monoisotopic (exact) mass is 226 g/mol. The zero-order chi connectivity index (χ0) is 11.8. The lowest BCUT2D eigenvalue weighted by Gasteiger charge is -2.08. The number of rotatable bonds is 7. The number of aromatic nitrogens is 2. The predicted molar refractivity (Wildman–Crippen MR) is 61.2 cm³/mol. The fraction of sp³-hybridized carbons (Fsp3) is 0.600. The Morgan fingerprint density at radius 2 is 2.19 bits per heavy atom. The number of nitrogens with zero attached hydrogens (tertiary/aromatic N) is 2. The van der Waals surface area contributed by atoms with Crippen LogP contribution < -0.4 is 16.0 Å². The van der Waals surface area contributed by atoms with Crippen LogP contribution in [0.5, 0.6) is 5.88 Å². The summed E-state index contributed by atoms with van der Waals surface area (Å²) in [6, 6.07) is 1.66. The van der Waals surface area contributed by atoms with Crippen LogP contribution >= 0.6 is 0 Å². The van der Waals surface area contributed by atoms with Crippen LogP contribution in [0.4, 0.5) is 5.82 Å². The van der Waals surface area contributed by atoms with Gasteiger partial charge in [-0.1, -0.05) is 6.92 Å². The number of aryl methyl sites for hydroxylation is 1. The van der Waals surface area contributed by atoms with E-state index in [9.17, 15) is 0 Å². The Balaban J connectivity index is 2.69. The fourth-order valence-corrected chi connectivity index (χ4v) is 1.19. The van der Waals surface area contributed by atoms with Gasteiger partial charge in [0, 0.05) is 19.6 Å². The standard InChI is InChI=1S/C10H18N4O2/c1-3-4-8-12-9(14-11)7-10(13-8)16-6-5-15-2/h7H,3-6,11H2,1-2H3,(H,12,13,14). The lowest BCUT2D eigenvalue weighted by Crippen LogP contribution is -2.12. The van der Waals surface area contributed by atoms with Crippen LogP contribution in [0.1, 0.15) is 19.2 Å². The van der Waals surface area contributed by atoms with Crippen LogP contribution in [-0.4, -0.2) is 30.3 Å². The second-order valence-corrected chi connectivity index (χ2v) is 3.24. The van der Waals surface area contributed by atoms with Crippen molar-refractivity contribution in [1.82, 2.24) is 9.97 Å². The molecule has 0 aliphatic heterocycles. The molecule has 0 aliphatic carbocycles. The van der Waals surface area contributed by atoms with E-state index in [2.05, 4.69) is 22.3 Å². The first-order chi connectivity index (χ1) is 7.80. The molecule has 0 spiro atoms. The maximum Gasteiger partial charge on any atom is 0.218 e. The third-order valence-electron chi connectivity index (χ3n) is 1.91. The molecule has 0 saturated heterocycles. The van der Waals surface area contributed by atoms with E-state index in [1.165, 1.54) is 0 Å². The highest BCUT2D eigenvalue weighted by Crippen LogP contribution is 2.13. The second-order valence-electron chi connectivity index (χ2n) is 3.24. The number of ether oxygens (including phenoxy) is 2. The average molecular weight is 226 g/mol. The summed E-state index contributed by atoms with van der Waals surface area (Å²) in [7, 11) is 1.62. The first kappa shape index (κ1) is 12.7. The Bertz CT molecular complexity index is 320. The van der Waals surface area contributed by atoms with Crippen molar-refractivity contribution >= 4 is 5.82 Å². The van der Waals surface area contributed by atoms with Crippen molar-refractivity contribution in [1.29, 1.82) is 0 Å². The maximum atomic E-state index is 5.40. The van der Waals surface area contributed by atoms with Crippen LogP contribution in [-0.2, 0) is 11.2 Å². The fourth-order valence-electron chi connectivity index (χ4n) is 1.19. The Kier molecular flexibility index (Phi) is 5.52. The molecule has 0 saturated carbocycles. The van der Waals surface area contributed by atoms with Crippen molar-refractivity contribution < 1.29 is 9.47 Å². The number of nitrogens with two attached hydrogens (primary N) is 1. The van der Waals surface area contributed by atoms with Gasteiger partial charge in [-0.15, -0.1) is 0 Å². The highest BCUT2D eigenvalue weighted by atomic mass is 16.5. The third kappa shape index (κ3) is 4.00. The molecule has 1 heterocycles. The van der Waals surface area contributed by atoms with Crippen molar-refractivity contribution in [3.05, 3.63) is 11.9 Å². The number of anilines is 1. The van der Waals surface area contributed by atoms with E-state index in [0.29, 0.717) is 24.9 Å². The summed E-state index contributed by atoms with van der Waals surface area (Å²) >= 11 is 0. The van der Waals surface area contributed by atoms with Gasteiger partial charge in [-0.25, -0.2) is 10.8 Å². The van der Waals surface area contributed by atoms with Crippen LogP contribution in [0.25, 0.3) is 0 Å². The van der Waals surface area contributed by atoms with E-state index < -0.39 is 0 Å². The molecule has 0 aromatic carbocycles. The van der Waals surface area contributed by atoms with Crippen LogP contribution in [0.2, 0.25) is 0 Å². The summed E-state index contributed by atoms with van der Waals surface area (Å²) in [6.45, 7) is 3.05. The number of hydrogen-bond acceptors (Lipinski definition) is 6. The topological polar surface area (TPSA) is 82.3 Å². The first-order valence-electron chi connectivity index (χ1n) is 5.26. The summed E-state index contributed by atoms with van der Waals surface area (Å²) in [5, 5.41) is 0. The van der Waals surface area contributed by atoms with Crippen LogP contribution in [0.3, 0.4) is 0 Å². The third-order valence-corrected chi connectivity index (χ3v) is 1.91. The SMILES string of the molecule is CCCc1nc(NN)cc(OCCOC)n1. The van der Waals surface area contributed by atoms with E-state index in [0.717, 1.165) is 18.7 Å². The van der Waals surface area contributed by atoms with E-state index in [-0.39, 0.29) is 0 Å². The molecule has 16 heavy (non-hydrogen) atoms. The van der Waals surface area contributed by atoms with E-state index >= 15 is 0 Å². The molecule has 6 heteroatoms. The molecule has 0 radical (unpaired) electrons. The van der Waals surface area contributed by atoms with E-state index in [1.54, 1.807) is 13.2 Å². The molecule has 1 aromatic rings. The maximum absolute atomic E-state index is 5.40. The van der Waals surface area contributed by atoms with Crippen molar-refractivity contribution in [2.75, 3.05) is 25.7 Å². The summed E-state index contributed by atoms with van der Waals surface area (Å²) in [5.41, 5.74) is 2.49. The summed E-state index contributed by atoms with van der Waals surface area (Å²) < 4.78 is 10.3. The lowest BCUT2D eigenvalue weighted by molar-refractivity contribution is 0.143. The molecule has 0 fully saturated rings. The largest absolute Gasteiger partial charge is 0.475 e. The molecule has 1 aromatic heterocycles. The van der Waals surface area contributed by atoms with Gasteiger partial charge in [0.2, 0.25) is 5.88 Å². The Morgan fingerprint density at radius 3 is 2.81 bits per heavy atom. The molecular weight excluding hydrogens is 208 g/mol. The molecule has 0 amide bonds. The minimum Gasteiger partial charge on any atom is -0.475 e. The van der Waals surface area contributed by atoms with Gasteiger partial charge in [0.25, 0.3) is 0 Å². The van der Waals surface area contributed by atoms with Crippen molar-refractivity contribution in [3.63, 3.8) is 0 Å². The Hall–Kier alpha value is -1.40. The van der Waals surface area contributed by atoms with Gasteiger partial charge in [-0.05, 0) is 6.42 Å². The second kappa shape index (κ2) is 6.97. The molecule has 0 unspecified atom stereocenters. The minimum absolute atomic E-state index is 0.461. The molecule has 3 N–H and O–H groups in total. The van der Waals surface area contributed by atoms with Gasteiger partial charge >= 0.3 is 0 Å². The van der Waals surface area contributed by atoms with Crippen molar-refractivity contribution in [2.45, 2.75) is 19.8 Å². The van der Waals surface area contributed by atoms with Gasteiger partial charge in [0.05, 0.1) is 6.61 Å². The van der Waals surface area contributed by atoms with Gasteiger partial charge in [0.1, 0.15) is 18.2 Å². The number of nitrogens with one attached hydrogen (secondary N) is 1. The van der Waals surface area contributed by atoms with Gasteiger partial charge in [-0.3, -0.25) is 0 Å². The zero-order valence-electron chi connectivity index (χ0n) is 9.69. The number of nitrogen functional groups attached to an aromatic ring is 1. The van der Waals surface area contributed by atoms with Crippen molar-refractivity contribution in [3.8, 4) is 5.88 Å². The lowest BCUT2D eigenvalue weighted by atomic mass is 10.3.